The number of aliphatic hydroxyl groups is 1. The van der Waals surface area contributed by atoms with Gasteiger partial charge < -0.3 is 19.5 Å². The van der Waals surface area contributed by atoms with Crippen LogP contribution in [0.5, 0.6) is 0 Å². The number of carbonyl (C=O) groups is 2. The molecule has 0 unspecified atom stereocenters. The van der Waals surface area contributed by atoms with Crippen molar-refractivity contribution in [2.45, 2.75) is 18.8 Å². The van der Waals surface area contributed by atoms with E-state index in [1.54, 1.807) is 0 Å². The molecule has 0 radical (unpaired) electrons. The van der Waals surface area contributed by atoms with Crippen molar-refractivity contribution in [1.29, 1.82) is 0 Å². The molecule has 4 rings (SSSR count). The Morgan fingerprint density at radius 1 is 1.10 bits per heavy atom. The van der Waals surface area contributed by atoms with Crippen LogP contribution in [0.1, 0.15) is 11.1 Å². The number of methoxy groups -OCH3 is 2. The topological polar surface area (TPSA) is 79.3 Å². The van der Waals surface area contributed by atoms with Crippen LogP contribution in [0, 0.1) is 6.92 Å². The Morgan fingerprint density at radius 2 is 1.76 bits per heavy atom. The van der Waals surface area contributed by atoms with Crippen molar-refractivity contribution in [2.24, 2.45) is 0 Å². The Labute approximate surface area is 168 Å². The van der Waals surface area contributed by atoms with Gasteiger partial charge in [-0.1, -0.05) is 48.0 Å². The molecule has 150 valence electrons. The predicted octanol–water partition coefficient (Wildman–Crippen LogP) is 2.47. The maximum atomic E-state index is 13.1. The second-order valence-corrected chi connectivity index (χ2v) is 7.14. The lowest BCUT2D eigenvalue weighted by Gasteiger charge is -2.34. The molecule has 2 aliphatic heterocycles. The monoisotopic (exact) mass is 394 g/mol. The van der Waals surface area contributed by atoms with Crippen molar-refractivity contribution in [3.63, 3.8) is 0 Å². The number of hydrogen-bond donors (Lipinski definition) is 1. The minimum absolute atomic E-state index is 0.0761. The highest BCUT2D eigenvalue weighted by Gasteiger charge is 2.64. The zero-order valence-corrected chi connectivity index (χ0v) is 16.5. The fraction of sp³-hybridized carbons (Fsp3) is 0.273. The standard InChI is InChI=1S/C22H22N2O5/c1-14-9-11-16(12-10-14)23-13-22(15-7-5-4-6-8-15)17(20(27)28-2)18(25)19(26)24(22)21(23)29-3/h4-12,21,25H,13H2,1-3H3/t21-,22-/m0/s1. The molecule has 0 aromatic heterocycles. The molecular weight excluding hydrogens is 372 g/mol. The molecule has 0 saturated carbocycles. The van der Waals surface area contributed by atoms with Crippen molar-refractivity contribution < 1.29 is 24.2 Å². The van der Waals surface area contributed by atoms with Crippen molar-refractivity contribution in [1.82, 2.24) is 4.90 Å². The molecule has 7 nitrogen and oxygen atoms in total. The average molecular weight is 394 g/mol. The van der Waals surface area contributed by atoms with E-state index in [9.17, 15) is 14.7 Å². The van der Waals surface area contributed by atoms with Gasteiger partial charge in [0.1, 0.15) is 11.1 Å². The lowest BCUT2D eigenvalue weighted by molar-refractivity contribution is -0.142. The number of benzene rings is 2. The summed E-state index contributed by atoms with van der Waals surface area (Å²) in [7, 11) is 2.72. The van der Waals surface area contributed by atoms with Gasteiger partial charge in [0.05, 0.1) is 13.7 Å². The van der Waals surface area contributed by atoms with Gasteiger partial charge in [-0.15, -0.1) is 0 Å². The number of aliphatic hydroxyl groups excluding tert-OH is 1. The van der Waals surface area contributed by atoms with Gasteiger partial charge in [-0.25, -0.2) is 4.79 Å². The molecule has 1 amide bonds. The quantitative estimate of drug-likeness (QED) is 0.803. The van der Waals surface area contributed by atoms with Crippen LogP contribution in [0.4, 0.5) is 5.69 Å². The molecule has 1 saturated heterocycles. The van der Waals surface area contributed by atoms with Gasteiger partial charge in [0.15, 0.2) is 5.76 Å². The highest BCUT2D eigenvalue weighted by Crippen LogP contribution is 2.51. The maximum Gasteiger partial charge on any atom is 0.340 e. The third-order valence-electron chi connectivity index (χ3n) is 5.59. The number of aryl methyl sites for hydroxylation is 1. The summed E-state index contributed by atoms with van der Waals surface area (Å²) in [5, 5.41) is 10.6. The molecule has 0 aliphatic carbocycles. The summed E-state index contributed by atoms with van der Waals surface area (Å²) in [6.07, 6.45) is -0.810. The summed E-state index contributed by atoms with van der Waals surface area (Å²) in [6.45, 7) is 2.21. The minimum atomic E-state index is -1.24. The Hall–Kier alpha value is -3.32. The fourth-order valence-corrected chi connectivity index (χ4v) is 4.26. The Morgan fingerprint density at radius 3 is 2.34 bits per heavy atom. The zero-order chi connectivity index (χ0) is 20.8. The fourth-order valence-electron chi connectivity index (χ4n) is 4.26. The molecular formula is C22H22N2O5. The Kier molecular flexibility index (Phi) is 4.55. The lowest BCUT2D eigenvalue weighted by Crippen LogP contribution is -2.48. The number of carbonyl (C=O) groups excluding carboxylic acids is 2. The maximum absolute atomic E-state index is 13.1. The molecule has 2 aromatic carbocycles. The molecule has 2 atom stereocenters. The molecule has 1 N–H and O–H groups in total. The van der Waals surface area contributed by atoms with Crippen molar-refractivity contribution in [3.05, 3.63) is 77.1 Å². The first-order valence-corrected chi connectivity index (χ1v) is 9.23. The lowest BCUT2D eigenvalue weighted by atomic mass is 9.83. The number of ether oxygens (including phenoxy) is 2. The van der Waals surface area contributed by atoms with E-state index in [1.165, 1.54) is 19.1 Å². The van der Waals surface area contributed by atoms with Crippen LogP contribution in [0.25, 0.3) is 0 Å². The van der Waals surface area contributed by atoms with Crippen LogP contribution < -0.4 is 4.90 Å². The number of fused-ring (bicyclic) bond motifs is 1. The largest absolute Gasteiger partial charge is 0.503 e. The van der Waals surface area contributed by atoms with E-state index < -0.39 is 29.5 Å². The van der Waals surface area contributed by atoms with E-state index in [0.29, 0.717) is 5.56 Å². The summed E-state index contributed by atoms with van der Waals surface area (Å²) in [5.74, 6) is -2.02. The highest BCUT2D eigenvalue weighted by atomic mass is 16.5. The van der Waals surface area contributed by atoms with Gasteiger partial charge in [-0.3, -0.25) is 9.69 Å². The molecule has 29 heavy (non-hydrogen) atoms. The number of nitrogens with zero attached hydrogens (tertiary/aromatic N) is 2. The minimum Gasteiger partial charge on any atom is -0.503 e. The number of hydrogen-bond acceptors (Lipinski definition) is 6. The second kappa shape index (κ2) is 6.93. The normalized spacial score (nSPS) is 23.6. The molecule has 7 heteroatoms. The molecule has 2 aromatic rings. The highest BCUT2D eigenvalue weighted by molar-refractivity contribution is 6.08. The van der Waals surface area contributed by atoms with Gasteiger partial charge >= 0.3 is 5.97 Å². The summed E-state index contributed by atoms with van der Waals surface area (Å²) in [4.78, 5) is 29.1. The summed E-state index contributed by atoms with van der Waals surface area (Å²) in [5.41, 5.74) is 1.32. The Bertz CT molecular complexity index is 986. The number of amides is 1. The molecule has 1 fully saturated rings. The van der Waals surface area contributed by atoms with Crippen LogP contribution >= 0.6 is 0 Å². The van der Waals surface area contributed by atoms with E-state index in [-0.39, 0.29) is 12.1 Å². The van der Waals surface area contributed by atoms with E-state index in [4.69, 9.17) is 9.47 Å². The van der Waals surface area contributed by atoms with Gasteiger partial charge in [0.25, 0.3) is 5.91 Å². The first-order valence-electron chi connectivity index (χ1n) is 9.23. The van der Waals surface area contributed by atoms with Gasteiger partial charge in [0.2, 0.25) is 6.35 Å². The van der Waals surface area contributed by atoms with Crippen LogP contribution in [0.3, 0.4) is 0 Å². The van der Waals surface area contributed by atoms with Crippen LogP contribution in [-0.2, 0) is 24.6 Å². The predicted molar refractivity (Wildman–Crippen MR) is 106 cm³/mol. The van der Waals surface area contributed by atoms with Gasteiger partial charge in [-0.2, -0.15) is 0 Å². The number of esters is 1. The summed E-state index contributed by atoms with van der Waals surface area (Å²) < 4.78 is 10.6. The van der Waals surface area contributed by atoms with E-state index in [0.717, 1.165) is 11.3 Å². The van der Waals surface area contributed by atoms with Crippen molar-refractivity contribution in [2.75, 3.05) is 25.7 Å². The van der Waals surface area contributed by atoms with Crippen molar-refractivity contribution >= 4 is 17.6 Å². The third-order valence-corrected chi connectivity index (χ3v) is 5.59. The molecule has 2 heterocycles. The van der Waals surface area contributed by atoms with Gasteiger partial charge in [0, 0.05) is 12.8 Å². The van der Waals surface area contributed by atoms with E-state index in [2.05, 4.69) is 0 Å². The summed E-state index contributed by atoms with van der Waals surface area (Å²) in [6, 6.07) is 17.0. The van der Waals surface area contributed by atoms with Crippen LogP contribution in [0.2, 0.25) is 0 Å². The first kappa shape index (κ1) is 19.0. The smallest absolute Gasteiger partial charge is 0.340 e. The van der Waals surface area contributed by atoms with Crippen LogP contribution in [-0.4, -0.2) is 49.0 Å². The average Bonchev–Trinajstić information content (AvgIpc) is 3.19. The molecule has 2 aliphatic rings. The van der Waals surface area contributed by atoms with Crippen LogP contribution in [0.15, 0.2) is 65.9 Å². The first-order chi connectivity index (χ1) is 14.0. The van der Waals surface area contributed by atoms with E-state index in [1.807, 2.05) is 66.4 Å². The molecule has 0 bridgehead atoms. The number of anilines is 1. The zero-order valence-electron chi connectivity index (χ0n) is 16.5. The van der Waals surface area contributed by atoms with E-state index >= 15 is 0 Å². The SMILES string of the molecule is COC(=O)C1=C(O)C(=O)N2[C@@H](OC)N(c3ccc(C)cc3)C[C@]12c1ccccc1. The molecule has 0 spiro atoms. The second-order valence-electron chi connectivity index (χ2n) is 7.14. The third kappa shape index (κ3) is 2.61. The summed E-state index contributed by atoms with van der Waals surface area (Å²) >= 11 is 0. The Balaban J connectivity index is 1.95. The number of rotatable bonds is 4. The van der Waals surface area contributed by atoms with Gasteiger partial charge in [-0.05, 0) is 24.6 Å². The van der Waals surface area contributed by atoms with Crippen molar-refractivity contribution in [3.8, 4) is 0 Å².